The molecule has 3 unspecified atom stereocenters. The van der Waals surface area contributed by atoms with E-state index >= 15 is 0 Å². The summed E-state index contributed by atoms with van der Waals surface area (Å²) in [4.78, 5) is 2.56. The second-order valence-corrected chi connectivity index (χ2v) is 6.37. The van der Waals surface area contributed by atoms with E-state index in [-0.39, 0.29) is 6.10 Å². The Bertz CT molecular complexity index is 227. The van der Waals surface area contributed by atoms with Gasteiger partial charge in [0.2, 0.25) is 0 Å². The van der Waals surface area contributed by atoms with Gasteiger partial charge in [-0.25, -0.2) is 0 Å². The summed E-state index contributed by atoms with van der Waals surface area (Å²) in [5.41, 5.74) is 0. The smallest absolute Gasteiger partial charge is 0.0695 e. The molecule has 1 fully saturated rings. The van der Waals surface area contributed by atoms with Gasteiger partial charge in [-0.2, -0.15) is 0 Å². The van der Waals surface area contributed by atoms with E-state index in [0.29, 0.717) is 6.04 Å². The lowest BCUT2D eigenvalue weighted by Crippen LogP contribution is -2.48. The van der Waals surface area contributed by atoms with Crippen LogP contribution in [0.1, 0.15) is 72.6 Å². The summed E-state index contributed by atoms with van der Waals surface area (Å²) in [5, 5.41) is 10.4. The molecular weight excluding hydrogens is 234 g/mol. The average molecular weight is 269 g/mol. The molecule has 0 amide bonds. The molecule has 0 aromatic carbocycles. The zero-order valence-electron chi connectivity index (χ0n) is 13.6. The van der Waals surface area contributed by atoms with Crippen molar-refractivity contribution < 1.29 is 5.11 Å². The number of hydrogen-bond acceptors (Lipinski definition) is 2. The highest BCUT2D eigenvalue weighted by Gasteiger charge is 2.32. The minimum Gasteiger partial charge on any atom is -0.391 e. The van der Waals surface area contributed by atoms with Gasteiger partial charge >= 0.3 is 0 Å². The van der Waals surface area contributed by atoms with Crippen molar-refractivity contribution in [3.05, 3.63) is 0 Å². The maximum atomic E-state index is 10.4. The van der Waals surface area contributed by atoms with Crippen molar-refractivity contribution in [3.8, 4) is 0 Å². The second kappa shape index (κ2) is 8.97. The van der Waals surface area contributed by atoms with Crippen molar-refractivity contribution >= 4 is 0 Å². The Kier molecular flexibility index (Phi) is 8.01. The van der Waals surface area contributed by atoms with E-state index in [9.17, 15) is 5.11 Å². The molecule has 1 N–H and O–H groups in total. The lowest BCUT2D eigenvalue weighted by atomic mass is 9.80. The molecule has 2 heteroatoms. The Hall–Kier alpha value is -0.0800. The number of hydrogen-bond donors (Lipinski definition) is 1. The van der Waals surface area contributed by atoms with Gasteiger partial charge in [-0.15, -0.1) is 0 Å². The van der Waals surface area contributed by atoms with E-state index in [1.54, 1.807) is 0 Å². The summed E-state index contributed by atoms with van der Waals surface area (Å²) in [6.45, 7) is 11.4. The number of likely N-dealkylation sites (N-methyl/N-ethyl adjacent to an activating group) is 1. The molecule has 0 aromatic heterocycles. The molecule has 19 heavy (non-hydrogen) atoms. The highest BCUT2D eigenvalue weighted by Crippen LogP contribution is 2.31. The fourth-order valence-corrected chi connectivity index (χ4v) is 3.66. The maximum absolute atomic E-state index is 10.4. The van der Waals surface area contributed by atoms with E-state index < -0.39 is 0 Å². The van der Waals surface area contributed by atoms with Gasteiger partial charge in [-0.05, 0) is 37.6 Å². The number of aliphatic hydroxyl groups is 1. The van der Waals surface area contributed by atoms with Gasteiger partial charge in [0, 0.05) is 12.6 Å². The van der Waals surface area contributed by atoms with Crippen LogP contribution in [0.5, 0.6) is 0 Å². The van der Waals surface area contributed by atoms with Crippen LogP contribution < -0.4 is 0 Å². The van der Waals surface area contributed by atoms with Crippen LogP contribution in [0.3, 0.4) is 0 Å². The van der Waals surface area contributed by atoms with E-state index in [2.05, 4.69) is 32.6 Å². The first kappa shape index (κ1) is 17.0. The van der Waals surface area contributed by atoms with E-state index in [1.165, 1.54) is 45.1 Å². The zero-order chi connectivity index (χ0) is 14.3. The quantitative estimate of drug-likeness (QED) is 0.718. The third kappa shape index (κ3) is 5.07. The van der Waals surface area contributed by atoms with Crippen LogP contribution in [0, 0.1) is 11.8 Å². The van der Waals surface area contributed by atoms with Gasteiger partial charge in [-0.1, -0.05) is 53.4 Å². The fraction of sp³-hybridized carbons (Fsp3) is 1.00. The van der Waals surface area contributed by atoms with Crippen molar-refractivity contribution in [2.24, 2.45) is 11.8 Å². The van der Waals surface area contributed by atoms with E-state index in [4.69, 9.17) is 0 Å². The summed E-state index contributed by atoms with van der Waals surface area (Å²) in [7, 11) is 0. The normalized spacial score (nSPS) is 28.3. The Morgan fingerprint density at radius 1 is 1.11 bits per heavy atom. The van der Waals surface area contributed by atoms with E-state index in [1.807, 2.05) is 0 Å². The average Bonchev–Trinajstić information content (AvgIpc) is 2.43. The van der Waals surface area contributed by atoms with Crippen molar-refractivity contribution in [1.82, 2.24) is 4.90 Å². The Labute approximate surface area is 120 Å². The summed E-state index contributed by atoms with van der Waals surface area (Å²) >= 11 is 0. The Balaban J connectivity index is 2.60. The molecule has 1 aliphatic carbocycles. The first-order valence-corrected chi connectivity index (χ1v) is 8.58. The fourth-order valence-electron chi connectivity index (χ4n) is 3.66. The molecule has 0 spiro atoms. The molecule has 0 bridgehead atoms. The lowest BCUT2D eigenvalue weighted by Gasteiger charge is -2.41. The first-order valence-electron chi connectivity index (χ1n) is 8.58. The standard InChI is InChI=1S/C17H35NO/c1-5-9-15-10-11-17(19)16(12-15)18(8-4)13-14(6-2)7-3/h14-17,19H,5-13H2,1-4H3. The molecule has 1 rings (SSSR count). The zero-order valence-corrected chi connectivity index (χ0v) is 13.6. The summed E-state index contributed by atoms with van der Waals surface area (Å²) in [6, 6.07) is 0.413. The van der Waals surface area contributed by atoms with Crippen molar-refractivity contribution in [2.75, 3.05) is 13.1 Å². The summed E-state index contributed by atoms with van der Waals surface area (Å²) in [5.74, 6) is 1.63. The molecule has 0 aromatic rings. The minimum absolute atomic E-state index is 0.0950. The predicted molar refractivity (Wildman–Crippen MR) is 83.4 cm³/mol. The molecule has 3 atom stereocenters. The predicted octanol–water partition coefficient (Wildman–Crippen LogP) is 4.07. The molecule has 114 valence electrons. The van der Waals surface area contributed by atoms with Crippen LogP contribution in [0.4, 0.5) is 0 Å². The third-order valence-electron chi connectivity index (χ3n) is 5.11. The topological polar surface area (TPSA) is 23.5 Å². The molecule has 0 heterocycles. The van der Waals surface area contributed by atoms with Gasteiger partial charge < -0.3 is 5.11 Å². The maximum Gasteiger partial charge on any atom is 0.0695 e. The molecule has 0 radical (unpaired) electrons. The number of rotatable bonds is 8. The molecule has 2 nitrogen and oxygen atoms in total. The molecule has 0 saturated heterocycles. The number of nitrogens with zero attached hydrogens (tertiary/aromatic N) is 1. The van der Waals surface area contributed by atoms with Crippen LogP contribution in [0.15, 0.2) is 0 Å². The molecule has 1 aliphatic rings. The molecular formula is C17H35NO. The Morgan fingerprint density at radius 2 is 1.79 bits per heavy atom. The first-order chi connectivity index (χ1) is 9.15. The van der Waals surface area contributed by atoms with Crippen LogP contribution >= 0.6 is 0 Å². The summed E-state index contributed by atoms with van der Waals surface area (Å²) < 4.78 is 0. The third-order valence-corrected chi connectivity index (χ3v) is 5.11. The van der Waals surface area contributed by atoms with Gasteiger partial charge in [0.25, 0.3) is 0 Å². The van der Waals surface area contributed by atoms with Crippen molar-refractivity contribution in [3.63, 3.8) is 0 Å². The Morgan fingerprint density at radius 3 is 2.32 bits per heavy atom. The monoisotopic (exact) mass is 269 g/mol. The van der Waals surface area contributed by atoms with Gasteiger partial charge in [0.15, 0.2) is 0 Å². The van der Waals surface area contributed by atoms with Crippen molar-refractivity contribution in [2.45, 2.75) is 84.8 Å². The van der Waals surface area contributed by atoms with Gasteiger partial charge in [0.05, 0.1) is 6.10 Å². The van der Waals surface area contributed by atoms with Crippen LogP contribution in [0.25, 0.3) is 0 Å². The van der Waals surface area contributed by atoms with Crippen molar-refractivity contribution in [1.29, 1.82) is 0 Å². The summed E-state index contributed by atoms with van der Waals surface area (Å²) in [6.07, 6.45) is 8.49. The van der Waals surface area contributed by atoms with Crippen LogP contribution in [-0.2, 0) is 0 Å². The van der Waals surface area contributed by atoms with E-state index in [0.717, 1.165) is 24.8 Å². The lowest BCUT2D eigenvalue weighted by molar-refractivity contribution is -0.00301. The van der Waals surface area contributed by atoms with Crippen LogP contribution in [0.2, 0.25) is 0 Å². The van der Waals surface area contributed by atoms with Gasteiger partial charge in [-0.3, -0.25) is 4.90 Å². The van der Waals surface area contributed by atoms with Crippen LogP contribution in [-0.4, -0.2) is 35.2 Å². The highest BCUT2D eigenvalue weighted by molar-refractivity contribution is 4.87. The van der Waals surface area contributed by atoms with Gasteiger partial charge in [0.1, 0.15) is 0 Å². The molecule has 0 aliphatic heterocycles. The SMILES string of the molecule is CCCC1CCC(O)C(N(CC)CC(CC)CC)C1. The molecule has 1 saturated carbocycles. The minimum atomic E-state index is -0.0950. The second-order valence-electron chi connectivity index (χ2n) is 6.37. The number of aliphatic hydroxyl groups excluding tert-OH is 1. The highest BCUT2D eigenvalue weighted by atomic mass is 16.3. The largest absolute Gasteiger partial charge is 0.391 e.